The van der Waals surface area contributed by atoms with Gasteiger partial charge in [-0.3, -0.25) is 0 Å². The molecule has 1 N–H and O–H groups in total. The van der Waals surface area contributed by atoms with Crippen molar-refractivity contribution in [1.29, 1.82) is 0 Å². The molecular weight excluding hydrogens is 231 g/mol. The van der Waals surface area contributed by atoms with Crippen LogP contribution >= 0.6 is 0 Å². The second kappa shape index (κ2) is 4.76. The van der Waals surface area contributed by atoms with E-state index in [1.165, 1.54) is 0 Å². The molecule has 0 atom stereocenters. The highest BCUT2D eigenvalue weighted by atomic mass is 19.4. The summed E-state index contributed by atoms with van der Waals surface area (Å²) in [7, 11) is 0. The van der Waals surface area contributed by atoms with E-state index in [9.17, 15) is 18.3 Å². The third kappa shape index (κ3) is 3.35. The van der Waals surface area contributed by atoms with Crippen molar-refractivity contribution in [2.24, 2.45) is 5.92 Å². The van der Waals surface area contributed by atoms with E-state index in [-0.39, 0.29) is 12.8 Å². The van der Waals surface area contributed by atoms with Gasteiger partial charge in [-0.25, -0.2) is 0 Å². The van der Waals surface area contributed by atoms with Gasteiger partial charge in [0, 0.05) is 6.54 Å². The van der Waals surface area contributed by atoms with Gasteiger partial charge in [-0.1, -0.05) is 12.8 Å². The lowest BCUT2D eigenvalue weighted by Crippen LogP contribution is -2.46. The number of piperidine rings is 1. The van der Waals surface area contributed by atoms with Gasteiger partial charge in [0.15, 0.2) is 0 Å². The summed E-state index contributed by atoms with van der Waals surface area (Å²) in [6, 6.07) is 0. The molecule has 0 unspecified atom stereocenters. The Kier molecular flexibility index (Phi) is 3.69. The Morgan fingerprint density at radius 1 is 1.12 bits per heavy atom. The molecule has 0 radical (unpaired) electrons. The van der Waals surface area contributed by atoms with Gasteiger partial charge in [-0.05, 0) is 38.8 Å². The summed E-state index contributed by atoms with van der Waals surface area (Å²) in [4.78, 5) is 1.99. The summed E-state index contributed by atoms with van der Waals surface area (Å²) in [5.74, 6) is -1.14. The predicted octanol–water partition coefficient (Wildman–Crippen LogP) is 2.57. The zero-order valence-corrected chi connectivity index (χ0v) is 9.97. The Bertz CT molecular complexity index is 253. The SMILES string of the molecule is OC1(CN2CCC(C(F)(F)F)CC2)CCCC1. The highest BCUT2D eigenvalue weighted by Crippen LogP contribution is 2.36. The van der Waals surface area contributed by atoms with E-state index in [0.717, 1.165) is 25.7 Å². The first-order valence-corrected chi connectivity index (χ1v) is 6.41. The largest absolute Gasteiger partial charge is 0.391 e. The normalized spacial score (nSPS) is 27.5. The number of halogens is 3. The maximum Gasteiger partial charge on any atom is 0.391 e. The van der Waals surface area contributed by atoms with Crippen molar-refractivity contribution in [3.05, 3.63) is 0 Å². The van der Waals surface area contributed by atoms with E-state index in [0.29, 0.717) is 19.6 Å². The molecule has 1 saturated heterocycles. The number of alkyl halides is 3. The van der Waals surface area contributed by atoms with E-state index in [4.69, 9.17) is 0 Å². The molecule has 0 aromatic rings. The molecule has 2 nitrogen and oxygen atoms in total. The van der Waals surface area contributed by atoms with E-state index in [2.05, 4.69) is 0 Å². The Labute approximate surface area is 99.8 Å². The number of nitrogens with zero attached hydrogens (tertiary/aromatic N) is 1. The lowest BCUT2D eigenvalue weighted by Gasteiger charge is -2.37. The minimum absolute atomic E-state index is 0.180. The highest BCUT2D eigenvalue weighted by molar-refractivity contribution is 4.89. The molecule has 1 aliphatic carbocycles. The second-order valence-electron chi connectivity index (χ2n) is 5.52. The van der Waals surface area contributed by atoms with Crippen molar-refractivity contribution in [2.45, 2.75) is 50.3 Å². The van der Waals surface area contributed by atoms with Gasteiger partial charge < -0.3 is 10.0 Å². The topological polar surface area (TPSA) is 23.5 Å². The number of hydrogen-bond acceptors (Lipinski definition) is 2. The Hall–Kier alpha value is -0.290. The molecule has 1 aliphatic heterocycles. The Morgan fingerprint density at radius 3 is 2.12 bits per heavy atom. The molecule has 1 heterocycles. The molecule has 5 heteroatoms. The Balaban J connectivity index is 1.79. The molecule has 0 spiro atoms. The average Bonchev–Trinajstić information content (AvgIpc) is 2.64. The molecule has 1 saturated carbocycles. The molecule has 2 fully saturated rings. The molecular formula is C12H20F3NO. The van der Waals surface area contributed by atoms with Crippen molar-refractivity contribution in [3.63, 3.8) is 0 Å². The van der Waals surface area contributed by atoms with Crippen LogP contribution < -0.4 is 0 Å². The van der Waals surface area contributed by atoms with Crippen LogP contribution in [0.1, 0.15) is 38.5 Å². The van der Waals surface area contributed by atoms with Crippen LogP contribution in [0.3, 0.4) is 0 Å². The molecule has 2 aliphatic rings. The first kappa shape index (κ1) is 13.1. The monoisotopic (exact) mass is 251 g/mol. The fourth-order valence-corrected chi connectivity index (χ4v) is 3.03. The van der Waals surface area contributed by atoms with Crippen LogP contribution in [0.25, 0.3) is 0 Å². The first-order valence-electron chi connectivity index (χ1n) is 6.41. The minimum Gasteiger partial charge on any atom is -0.389 e. The summed E-state index contributed by atoms with van der Waals surface area (Å²) >= 11 is 0. The fraction of sp³-hybridized carbons (Fsp3) is 1.00. The maximum absolute atomic E-state index is 12.5. The van der Waals surface area contributed by atoms with Gasteiger partial charge in [-0.15, -0.1) is 0 Å². The van der Waals surface area contributed by atoms with Crippen LogP contribution in [0.5, 0.6) is 0 Å². The fourth-order valence-electron chi connectivity index (χ4n) is 3.03. The van der Waals surface area contributed by atoms with Gasteiger partial charge in [-0.2, -0.15) is 13.2 Å². The Morgan fingerprint density at radius 2 is 1.65 bits per heavy atom. The summed E-state index contributed by atoms with van der Waals surface area (Å²) in [6.07, 6.45) is -0.0149. The molecule has 0 amide bonds. The molecule has 17 heavy (non-hydrogen) atoms. The second-order valence-corrected chi connectivity index (χ2v) is 5.52. The summed E-state index contributed by atoms with van der Waals surface area (Å²) in [5, 5.41) is 10.2. The third-order valence-corrected chi connectivity index (χ3v) is 4.10. The number of likely N-dealkylation sites (tertiary alicyclic amines) is 1. The lowest BCUT2D eigenvalue weighted by atomic mass is 9.94. The molecule has 0 aromatic carbocycles. The quantitative estimate of drug-likeness (QED) is 0.815. The van der Waals surface area contributed by atoms with Crippen molar-refractivity contribution < 1.29 is 18.3 Å². The summed E-state index contributed by atoms with van der Waals surface area (Å²) in [6.45, 7) is 1.48. The van der Waals surface area contributed by atoms with Crippen LogP contribution in [0.2, 0.25) is 0 Å². The van der Waals surface area contributed by atoms with Crippen LogP contribution in [0, 0.1) is 5.92 Å². The van der Waals surface area contributed by atoms with E-state index in [1.807, 2.05) is 4.90 Å². The van der Waals surface area contributed by atoms with Crippen molar-refractivity contribution in [3.8, 4) is 0 Å². The third-order valence-electron chi connectivity index (χ3n) is 4.10. The maximum atomic E-state index is 12.5. The minimum atomic E-state index is -4.05. The van der Waals surface area contributed by atoms with Crippen LogP contribution in [-0.2, 0) is 0 Å². The van der Waals surface area contributed by atoms with Crippen molar-refractivity contribution in [2.75, 3.05) is 19.6 Å². The zero-order valence-electron chi connectivity index (χ0n) is 9.97. The van der Waals surface area contributed by atoms with E-state index < -0.39 is 17.7 Å². The number of rotatable bonds is 2. The summed E-state index contributed by atoms with van der Waals surface area (Å²) < 4.78 is 37.4. The first-order chi connectivity index (χ1) is 7.89. The van der Waals surface area contributed by atoms with Gasteiger partial charge >= 0.3 is 6.18 Å². The molecule has 0 aromatic heterocycles. The highest BCUT2D eigenvalue weighted by Gasteiger charge is 2.42. The molecule has 100 valence electrons. The summed E-state index contributed by atoms with van der Waals surface area (Å²) in [5.41, 5.74) is -0.634. The van der Waals surface area contributed by atoms with Crippen LogP contribution in [0.15, 0.2) is 0 Å². The number of hydrogen-bond donors (Lipinski definition) is 1. The van der Waals surface area contributed by atoms with Gasteiger partial charge in [0.05, 0.1) is 11.5 Å². The van der Waals surface area contributed by atoms with Crippen molar-refractivity contribution >= 4 is 0 Å². The van der Waals surface area contributed by atoms with Crippen LogP contribution in [-0.4, -0.2) is 41.4 Å². The lowest BCUT2D eigenvalue weighted by molar-refractivity contribution is -0.186. The van der Waals surface area contributed by atoms with E-state index >= 15 is 0 Å². The molecule has 2 rings (SSSR count). The van der Waals surface area contributed by atoms with Crippen LogP contribution in [0.4, 0.5) is 13.2 Å². The van der Waals surface area contributed by atoms with Crippen molar-refractivity contribution in [1.82, 2.24) is 4.90 Å². The standard InChI is InChI=1S/C12H20F3NO/c13-12(14,15)10-3-7-16(8-4-10)9-11(17)5-1-2-6-11/h10,17H,1-9H2. The predicted molar refractivity (Wildman–Crippen MR) is 58.6 cm³/mol. The van der Waals surface area contributed by atoms with E-state index in [1.54, 1.807) is 0 Å². The number of β-amino-alcohol motifs (C(OH)–C–C–N with tert-alkyl or cyclic N) is 1. The average molecular weight is 251 g/mol. The van der Waals surface area contributed by atoms with Gasteiger partial charge in [0.2, 0.25) is 0 Å². The smallest absolute Gasteiger partial charge is 0.389 e. The van der Waals surface area contributed by atoms with Gasteiger partial charge in [0.25, 0.3) is 0 Å². The number of aliphatic hydroxyl groups is 1. The zero-order chi connectivity index (χ0) is 12.5. The van der Waals surface area contributed by atoms with Gasteiger partial charge in [0.1, 0.15) is 0 Å². The molecule has 0 bridgehead atoms.